The predicted molar refractivity (Wildman–Crippen MR) is 88.3 cm³/mol. The lowest BCUT2D eigenvalue weighted by molar-refractivity contribution is 0.241. The van der Waals surface area contributed by atoms with Crippen LogP contribution in [0.4, 0.5) is 14.9 Å². The van der Waals surface area contributed by atoms with Crippen LogP contribution in [-0.2, 0) is 13.0 Å². The molecule has 1 aliphatic carbocycles. The standard InChI is InChI=1S/C17H21FN4O2/c1-21(16-7-3-2-5-13(16)18)17(24)20-14-6-4-8-15-12(14)11-19-22(15)9-10-23/h2-3,5,7,11,14,23H,4,6,8-10H2,1H3,(H,20,24). The highest BCUT2D eigenvalue weighted by molar-refractivity contribution is 5.91. The van der Waals surface area contributed by atoms with Crippen LogP contribution in [0.25, 0.3) is 0 Å². The number of urea groups is 1. The van der Waals surface area contributed by atoms with Gasteiger partial charge in [0.15, 0.2) is 0 Å². The molecule has 2 amide bonds. The zero-order valence-corrected chi connectivity index (χ0v) is 13.6. The van der Waals surface area contributed by atoms with E-state index >= 15 is 0 Å². The van der Waals surface area contributed by atoms with E-state index in [-0.39, 0.29) is 24.4 Å². The van der Waals surface area contributed by atoms with Crippen LogP contribution >= 0.6 is 0 Å². The maximum Gasteiger partial charge on any atom is 0.322 e. The molecule has 2 N–H and O–H groups in total. The Kier molecular flexibility index (Phi) is 4.80. The number of anilines is 1. The van der Waals surface area contributed by atoms with Gasteiger partial charge >= 0.3 is 6.03 Å². The van der Waals surface area contributed by atoms with Crippen LogP contribution in [0.2, 0.25) is 0 Å². The number of hydrogen-bond donors (Lipinski definition) is 2. The minimum atomic E-state index is -0.435. The molecule has 0 spiro atoms. The summed E-state index contributed by atoms with van der Waals surface area (Å²) in [6.07, 6.45) is 4.37. The van der Waals surface area contributed by atoms with Gasteiger partial charge < -0.3 is 10.4 Å². The van der Waals surface area contributed by atoms with Crippen molar-refractivity contribution >= 4 is 11.7 Å². The molecule has 24 heavy (non-hydrogen) atoms. The first kappa shape index (κ1) is 16.4. The maximum atomic E-state index is 13.8. The van der Waals surface area contributed by atoms with Crippen molar-refractivity contribution in [3.05, 3.63) is 47.5 Å². The number of fused-ring (bicyclic) bond motifs is 1. The van der Waals surface area contributed by atoms with Gasteiger partial charge in [-0.1, -0.05) is 12.1 Å². The summed E-state index contributed by atoms with van der Waals surface area (Å²) in [6, 6.07) is 5.68. The SMILES string of the molecule is CN(C(=O)NC1CCCc2c1cnn2CCO)c1ccccc1F. The fourth-order valence-electron chi connectivity index (χ4n) is 3.14. The van der Waals surface area contributed by atoms with Gasteiger partial charge in [-0.2, -0.15) is 5.10 Å². The summed E-state index contributed by atoms with van der Waals surface area (Å²) in [5.74, 6) is -0.435. The van der Waals surface area contributed by atoms with Gasteiger partial charge in [-0.15, -0.1) is 0 Å². The van der Waals surface area contributed by atoms with Crippen molar-refractivity contribution in [2.75, 3.05) is 18.6 Å². The molecule has 0 fully saturated rings. The number of carbonyl (C=O) groups is 1. The summed E-state index contributed by atoms with van der Waals surface area (Å²) in [7, 11) is 1.55. The molecule has 0 aliphatic heterocycles. The van der Waals surface area contributed by atoms with E-state index in [1.807, 2.05) is 0 Å². The summed E-state index contributed by atoms with van der Waals surface area (Å²) >= 11 is 0. The van der Waals surface area contributed by atoms with E-state index in [9.17, 15) is 9.18 Å². The summed E-state index contributed by atoms with van der Waals surface area (Å²) in [6.45, 7) is 0.478. The first-order valence-corrected chi connectivity index (χ1v) is 8.06. The number of halogens is 1. The number of amides is 2. The van der Waals surface area contributed by atoms with Gasteiger partial charge in [0, 0.05) is 18.3 Å². The molecule has 3 rings (SSSR count). The smallest absolute Gasteiger partial charge is 0.322 e. The highest BCUT2D eigenvalue weighted by Crippen LogP contribution is 2.30. The van der Waals surface area contributed by atoms with Gasteiger partial charge in [0.25, 0.3) is 0 Å². The molecule has 128 valence electrons. The Balaban J connectivity index is 1.75. The van der Waals surface area contributed by atoms with E-state index in [0.29, 0.717) is 6.54 Å². The van der Waals surface area contributed by atoms with Crippen molar-refractivity contribution in [1.29, 1.82) is 0 Å². The van der Waals surface area contributed by atoms with Gasteiger partial charge in [0.05, 0.1) is 31.1 Å². The van der Waals surface area contributed by atoms with Crippen LogP contribution in [0.1, 0.15) is 30.1 Å². The fourth-order valence-corrected chi connectivity index (χ4v) is 3.14. The average molecular weight is 332 g/mol. The molecule has 6 nitrogen and oxygen atoms in total. The summed E-state index contributed by atoms with van der Waals surface area (Å²) in [5, 5.41) is 16.4. The molecule has 0 saturated heterocycles. The third-order valence-corrected chi connectivity index (χ3v) is 4.39. The minimum Gasteiger partial charge on any atom is -0.394 e. The predicted octanol–water partition coefficient (Wildman–Crippen LogP) is 2.24. The Morgan fingerprint density at radius 2 is 2.29 bits per heavy atom. The lowest BCUT2D eigenvalue weighted by Gasteiger charge is -2.27. The van der Waals surface area contributed by atoms with Crippen molar-refractivity contribution in [1.82, 2.24) is 15.1 Å². The van der Waals surface area contributed by atoms with Gasteiger partial charge in [-0.05, 0) is 31.4 Å². The molecule has 0 radical (unpaired) electrons. The molecular formula is C17H21FN4O2. The van der Waals surface area contributed by atoms with Gasteiger partial charge in [0.1, 0.15) is 5.82 Å². The molecule has 1 aromatic carbocycles. The lowest BCUT2D eigenvalue weighted by Crippen LogP contribution is -2.40. The second-order valence-electron chi connectivity index (χ2n) is 5.90. The Labute approximate surface area is 139 Å². The number of hydrogen-bond acceptors (Lipinski definition) is 3. The van der Waals surface area contributed by atoms with Crippen molar-refractivity contribution in [3.8, 4) is 0 Å². The quantitative estimate of drug-likeness (QED) is 0.902. The zero-order chi connectivity index (χ0) is 17.1. The second-order valence-corrected chi connectivity index (χ2v) is 5.90. The topological polar surface area (TPSA) is 70.4 Å². The Bertz CT molecular complexity index is 731. The molecule has 7 heteroatoms. The monoisotopic (exact) mass is 332 g/mol. The largest absolute Gasteiger partial charge is 0.394 e. The average Bonchev–Trinajstić information content (AvgIpc) is 2.99. The Morgan fingerprint density at radius 3 is 3.04 bits per heavy atom. The van der Waals surface area contributed by atoms with Crippen LogP contribution in [0.15, 0.2) is 30.5 Å². The molecule has 1 unspecified atom stereocenters. The van der Waals surface area contributed by atoms with Crippen LogP contribution in [0, 0.1) is 5.82 Å². The molecular weight excluding hydrogens is 311 g/mol. The molecule has 1 atom stereocenters. The Hall–Kier alpha value is -2.41. The maximum absolute atomic E-state index is 13.8. The van der Waals surface area contributed by atoms with E-state index < -0.39 is 5.82 Å². The zero-order valence-electron chi connectivity index (χ0n) is 13.6. The minimum absolute atomic E-state index is 0.0289. The Morgan fingerprint density at radius 1 is 1.50 bits per heavy atom. The number of aliphatic hydroxyl groups is 1. The van der Waals surface area contributed by atoms with Crippen molar-refractivity contribution in [3.63, 3.8) is 0 Å². The van der Waals surface area contributed by atoms with Crippen molar-refractivity contribution in [2.24, 2.45) is 0 Å². The molecule has 1 heterocycles. The van der Waals surface area contributed by atoms with Gasteiger partial charge in [-0.3, -0.25) is 9.58 Å². The van der Waals surface area contributed by atoms with Crippen LogP contribution in [0.3, 0.4) is 0 Å². The van der Waals surface area contributed by atoms with E-state index in [2.05, 4.69) is 10.4 Å². The first-order chi connectivity index (χ1) is 11.6. The highest BCUT2D eigenvalue weighted by Gasteiger charge is 2.27. The highest BCUT2D eigenvalue weighted by atomic mass is 19.1. The molecule has 1 aromatic heterocycles. The summed E-state index contributed by atoms with van der Waals surface area (Å²) in [5.41, 5.74) is 2.26. The van der Waals surface area contributed by atoms with E-state index in [0.717, 1.165) is 30.5 Å². The molecule has 0 bridgehead atoms. The lowest BCUT2D eigenvalue weighted by atomic mass is 9.93. The van der Waals surface area contributed by atoms with E-state index in [1.165, 1.54) is 11.0 Å². The summed E-state index contributed by atoms with van der Waals surface area (Å²) in [4.78, 5) is 13.8. The number of nitrogens with one attached hydrogen (secondary N) is 1. The number of aromatic nitrogens is 2. The molecule has 2 aromatic rings. The van der Waals surface area contributed by atoms with Gasteiger partial charge in [0.2, 0.25) is 0 Å². The third-order valence-electron chi connectivity index (χ3n) is 4.39. The first-order valence-electron chi connectivity index (χ1n) is 8.06. The molecule has 1 aliphatic rings. The van der Waals surface area contributed by atoms with Crippen LogP contribution in [0.5, 0.6) is 0 Å². The number of rotatable bonds is 4. The molecule has 0 saturated carbocycles. The third kappa shape index (κ3) is 3.12. The second kappa shape index (κ2) is 7.00. The number of para-hydroxylation sites is 1. The number of carbonyl (C=O) groups excluding carboxylic acids is 1. The van der Waals surface area contributed by atoms with E-state index in [1.54, 1.807) is 36.1 Å². The number of nitrogens with zero attached hydrogens (tertiary/aromatic N) is 3. The number of aliphatic hydroxyl groups excluding tert-OH is 1. The normalized spacial score (nSPS) is 16.5. The van der Waals surface area contributed by atoms with Crippen LogP contribution < -0.4 is 10.2 Å². The van der Waals surface area contributed by atoms with Crippen molar-refractivity contribution < 1.29 is 14.3 Å². The van der Waals surface area contributed by atoms with Crippen LogP contribution in [-0.4, -0.2) is 34.6 Å². The van der Waals surface area contributed by atoms with Gasteiger partial charge in [-0.25, -0.2) is 9.18 Å². The number of benzene rings is 1. The summed E-state index contributed by atoms with van der Waals surface area (Å²) < 4.78 is 15.6. The fraction of sp³-hybridized carbons (Fsp3) is 0.412. The van der Waals surface area contributed by atoms with E-state index in [4.69, 9.17) is 5.11 Å². The van der Waals surface area contributed by atoms with Crippen molar-refractivity contribution in [2.45, 2.75) is 31.8 Å².